The molecule has 0 bridgehead atoms. The van der Waals surface area contributed by atoms with Crippen LogP contribution in [0.5, 0.6) is 0 Å². The Morgan fingerprint density at radius 2 is 2.00 bits per heavy atom. The molecule has 0 radical (unpaired) electrons. The van der Waals surface area contributed by atoms with E-state index >= 15 is 0 Å². The summed E-state index contributed by atoms with van der Waals surface area (Å²) in [6, 6.07) is 0. The van der Waals surface area contributed by atoms with Crippen molar-refractivity contribution in [2.75, 3.05) is 18.3 Å². The summed E-state index contributed by atoms with van der Waals surface area (Å²) in [7, 11) is 6.04. The van der Waals surface area contributed by atoms with Crippen molar-refractivity contribution in [2.45, 2.75) is 0 Å². The van der Waals surface area contributed by atoms with Crippen molar-refractivity contribution in [1.29, 1.82) is 0 Å². The zero-order valence-corrected chi connectivity index (χ0v) is 8.51. The number of carbonyl (C=O) groups excluding carboxylic acids is 1. The molecule has 0 aliphatic heterocycles. The maximum atomic E-state index is 10.7. The first-order valence-electron chi connectivity index (χ1n) is 2.20. The number of hydrogen-bond donors (Lipinski definition) is 0. The maximum Gasteiger partial charge on any atom is 0.210 e. The minimum Gasteiger partial charge on any atom is -0.285 e. The fourth-order valence-corrected chi connectivity index (χ4v) is 2.88. The van der Waals surface area contributed by atoms with Crippen LogP contribution in [-0.4, -0.2) is 23.4 Å². The summed E-state index contributed by atoms with van der Waals surface area (Å²) in [5.41, 5.74) is 0. The van der Waals surface area contributed by atoms with E-state index in [1.54, 1.807) is 21.6 Å². The predicted octanol–water partition coefficient (Wildman–Crippen LogP) is 2.54. The smallest absolute Gasteiger partial charge is 0.210 e. The second kappa shape index (κ2) is 7.18. The predicted molar refractivity (Wildman–Crippen MR) is 52.1 cm³/mol. The van der Waals surface area contributed by atoms with Crippen molar-refractivity contribution < 1.29 is 4.79 Å². The first-order chi connectivity index (χ1) is 4.31. The minimum atomic E-state index is 0.252. The van der Waals surface area contributed by atoms with Gasteiger partial charge in [0.1, 0.15) is 0 Å². The van der Waals surface area contributed by atoms with E-state index in [0.717, 1.165) is 0 Å². The number of carbonyl (C=O) groups is 1. The van der Waals surface area contributed by atoms with Gasteiger partial charge < -0.3 is 0 Å². The van der Waals surface area contributed by atoms with Crippen LogP contribution in [-0.2, 0) is 4.79 Å². The third-order valence-corrected chi connectivity index (χ3v) is 3.88. The molecule has 0 rings (SSSR count). The fraction of sp³-hybridized carbons (Fsp3) is 0.750. The molecule has 0 aromatic rings. The van der Waals surface area contributed by atoms with Gasteiger partial charge in [0.25, 0.3) is 0 Å². The van der Waals surface area contributed by atoms with Crippen LogP contribution in [0, 0.1) is 0 Å². The maximum absolute atomic E-state index is 10.7. The van der Waals surface area contributed by atoms with Crippen LogP contribution in [0.2, 0.25) is 0 Å². The molecule has 54 valence electrons. The summed E-state index contributed by atoms with van der Waals surface area (Å²) >= 11 is 0. The van der Waals surface area contributed by atoms with E-state index in [9.17, 15) is 4.79 Å². The van der Waals surface area contributed by atoms with Gasteiger partial charge in [-0.05, 0) is 23.3 Å². The lowest BCUT2D eigenvalue weighted by molar-refractivity contribution is -0.108. The Morgan fingerprint density at radius 3 is 2.44 bits per heavy atom. The van der Waals surface area contributed by atoms with Crippen molar-refractivity contribution in [3.05, 3.63) is 0 Å². The van der Waals surface area contributed by atoms with Crippen LogP contribution >= 0.6 is 43.2 Å². The average Bonchev–Trinajstić information content (AvgIpc) is 1.85. The molecule has 0 atom stereocenters. The molecular formula is C4H8OS4. The molecule has 0 saturated carbocycles. The molecule has 9 heavy (non-hydrogen) atoms. The fourth-order valence-electron chi connectivity index (χ4n) is 0.224. The molecule has 0 aromatic carbocycles. The van der Waals surface area contributed by atoms with Gasteiger partial charge >= 0.3 is 0 Å². The molecule has 1 nitrogen and oxygen atoms in total. The van der Waals surface area contributed by atoms with Gasteiger partial charge in [-0.2, -0.15) is 0 Å². The molecule has 0 N–H and O–H groups in total. The SMILES string of the molecule is CSSCC(=O)SSC. The largest absolute Gasteiger partial charge is 0.285 e. The Hall–Kier alpha value is 1.07. The lowest BCUT2D eigenvalue weighted by Crippen LogP contribution is -1.89. The Kier molecular flexibility index (Phi) is 8.03. The first kappa shape index (κ1) is 10.1. The highest BCUT2D eigenvalue weighted by Gasteiger charge is 1.99. The Labute approximate surface area is 71.3 Å². The van der Waals surface area contributed by atoms with Gasteiger partial charge in [0, 0.05) is 0 Å². The second-order valence-electron chi connectivity index (χ2n) is 1.05. The first-order valence-corrected chi connectivity index (χ1v) is 7.49. The molecule has 0 aromatic heterocycles. The molecule has 0 unspecified atom stereocenters. The van der Waals surface area contributed by atoms with Crippen LogP contribution in [0.1, 0.15) is 0 Å². The Bertz CT molecular complexity index is 84.6. The van der Waals surface area contributed by atoms with Crippen molar-refractivity contribution in [1.82, 2.24) is 0 Å². The van der Waals surface area contributed by atoms with Gasteiger partial charge in [0.15, 0.2) is 0 Å². The molecule has 0 aliphatic carbocycles. The molecule has 0 amide bonds. The summed E-state index contributed by atoms with van der Waals surface area (Å²) in [6.07, 6.45) is 3.88. The summed E-state index contributed by atoms with van der Waals surface area (Å²) in [5, 5.41) is 0.252. The highest BCUT2D eigenvalue weighted by Crippen LogP contribution is 2.24. The third kappa shape index (κ3) is 6.96. The molecule has 0 heterocycles. The van der Waals surface area contributed by atoms with Crippen LogP contribution in [0.4, 0.5) is 0 Å². The number of rotatable bonds is 4. The summed E-state index contributed by atoms with van der Waals surface area (Å²) in [4.78, 5) is 10.7. The Balaban J connectivity index is 3.06. The van der Waals surface area contributed by atoms with E-state index in [2.05, 4.69) is 0 Å². The second-order valence-corrected chi connectivity index (χ2v) is 6.07. The van der Waals surface area contributed by atoms with Gasteiger partial charge in [-0.25, -0.2) is 0 Å². The average molecular weight is 200 g/mol. The van der Waals surface area contributed by atoms with E-state index in [4.69, 9.17) is 0 Å². The summed E-state index contributed by atoms with van der Waals surface area (Å²) in [5.74, 6) is 0.618. The zero-order chi connectivity index (χ0) is 7.11. The molecule has 5 heteroatoms. The molecule has 0 spiro atoms. The van der Waals surface area contributed by atoms with E-state index in [-0.39, 0.29) is 5.12 Å². The third-order valence-electron chi connectivity index (χ3n) is 0.471. The van der Waals surface area contributed by atoms with Crippen LogP contribution < -0.4 is 0 Å². The normalized spacial score (nSPS) is 9.56. The topological polar surface area (TPSA) is 17.1 Å². The summed E-state index contributed by atoms with van der Waals surface area (Å²) in [6.45, 7) is 0. The van der Waals surface area contributed by atoms with Crippen LogP contribution in [0.3, 0.4) is 0 Å². The van der Waals surface area contributed by atoms with Crippen molar-refractivity contribution >= 4 is 48.3 Å². The van der Waals surface area contributed by atoms with Crippen molar-refractivity contribution in [3.8, 4) is 0 Å². The van der Waals surface area contributed by atoms with Gasteiger partial charge in [-0.3, -0.25) is 4.79 Å². The summed E-state index contributed by atoms with van der Waals surface area (Å²) < 4.78 is 0. The van der Waals surface area contributed by atoms with E-state index < -0.39 is 0 Å². The number of hydrogen-bond acceptors (Lipinski definition) is 5. The van der Waals surface area contributed by atoms with E-state index in [1.165, 1.54) is 21.6 Å². The lowest BCUT2D eigenvalue weighted by Gasteiger charge is -1.92. The molecule has 0 saturated heterocycles. The van der Waals surface area contributed by atoms with Crippen LogP contribution in [0.15, 0.2) is 0 Å². The highest BCUT2D eigenvalue weighted by atomic mass is 33.1. The van der Waals surface area contributed by atoms with Crippen molar-refractivity contribution in [2.24, 2.45) is 0 Å². The Morgan fingerprint density at radius 1 is 1.33 bits per heavy atom. The standard InChI is InChI=1S/C4H8OS4/c1-6-8-3-4(5)9-7-2/h3H2,1-2H3. The van der Waals surface area contributed by atoms with Crippen molar-refractivity contribution in [3.63, 3.8) is 0 Å². The van der Waals surface area contributed by atoms with Gasteiger partial charge in [0.05, 0.1) is 5.75 Å². The monoisotopic (exact) mass is 200 g/mol. The minimum absolute atomic E-state index is 0.252. The van der Waals surface area contributed by atoms with Gasteiger partial charge in [-0.1, -0.05) is 32.4 Å². The van der Waals surface area contributed by atoms with Gasteiger partial charge in [-0.15, -0.1) is 0 Å². The quantitative estimate of drug-likeness (QED) is 0.647. The molecule has 0 aliphatic rings. The van der Waals surface area contributed by atoms with Gasteiger partial charge in [0.2, 0.25) is 5.12 Å². The molecule has 0 fully saturated rings. The highest BCUT2D eigenvalue weighted by molar-refractivity contribution is 8.83. The molecular weight excluding hydrogens is 192 g/mol. The van der Waals surface area contributed by atoms with E-state index in [0.29, 0.717) is 5.75 Å². The van der Waals surface area contributed by atoms with E-state index in [1.807, 2.05) is 12.5 Å². The lowest BCUT2D eigenvalue weighted by atomic mass is 10.9. The zero-order valence-electron chi connectivity index (χ0n) is 5.25. The van der Waals surface area contributed by atoms with Crippen LogP contribution in [0.25, 0.3) is 0 Å².